The first-order valence-electron chi connectivity index (χ1n) is 2.27. The second kappa shape index (κ2) is 6.41. The van der Waals surface area contributed by atoms with Crippen LogP contribution >= 0.6 is 12.6 Å². The van der Waals surface area contributed by atoms with Crippen molar-refractivity contribution >= 4 is 18.6 Å². The molecule has 0 saturated heterocycles. The van der Waals surface area contributed by atoms with Crippen molar-refractivity contribution in [3.8, 4) is 0 Å². The van der Waals surface area contributed by atoms with Crippen LogP contribution in [0.25, 0.3) is 0 Å². The summed E-state index contributed by atoms with van der Waals surface area (Å²) in [5.41, 5.74) is 5.08. The Kier molecular flexibility index (Phi) is 8.55. The van der Waals surface area contributed by atoms with E-state index in [4.69, 9.17) is 10.8 Å². The summed E-state index contributed by atoms with van der Waals surface area (Å²) in [5, 5.41) is 8.15. The van der Waals surface area contributed by atoms with E-state index in [0.29, 0.717) is 12.2 Å². The van der Waals surface area contributed by atoms with E-state index in [-0.39, 0.29) is 16.8 Å². The number of hydrogen-bond donors (Lipinski definition) is 3. The Balaban J connectivity index is 0. The molecule has 1 unspecified atom stereocenters. The smallest absolute Gasteiger partial charge is 0.320 e. The SMILES string of the molecule is NC(CCS)C(=O)O.[Co]. The molecule has 1 radical (unpaired) electrons. The first kappa shape index (κ1) is 12.0. The molecule has 0 fully saturated rings. The van der Waals surface area contributed by atoms with Gasteiger partial charge in [-0.25, -0.2) is 0 Å². The molecule has 0 heterocycles. The Morgan fingerprint density at radius 3 is 2.33 bits per heavy atom. The third-order valence-corrected chi connectivity index (χ3v) is 1.02. The van der Waals surface area contributed by atoms with Crippen molar-refractivity contribution in [1.82, 2.24) is 0 Å². The molecule has 5 heteroatoms. The molecular weight excluding hydrogens is 185 g/mol. The molecular formula is C4H9CoNO2S. The largest absolute Gasteiger partial charge is 0.480 e. The Morgan fingerprint density at radius 2 is 2.22 bits per heavy atom. The number of hydrogen-bond acceptors (Lipinski definition) is 3. The predicted molar refractivity (Wildman–Crippen MR) is 34.1 cm³/mol. The van der Waals surface area contributed by atoms with Crippen LogP contribution in [0.4, 0.5) is 0 Å². The molecule has 0 aliphatic heterocycles. The molecule has 0 aliphatic rings. The fourth-order valence-corrected chi connectivity index (χ4v) is 0.541. The van der Waals surface area contributed by atoms with E-state index in [9.17, 15) is 4.79 Å². The van der Waals surface area contributed by atoms with Crippen molar-refractivity contribution in [2.75, 3.05) is 5.75 Å². The van der Waals surface area contributed by atoms with Crippen LogP contribution in [0.3, 0.4) is 0 Å². The van der Waals surface area contributed by atoms with Gasteiger partial charge in [0.25, 0.3) is 0 Å². The number of carboxylic acids is 1. The normalized spacial score (nSPS) is 11.8. The Hall–Kier alpha value is 0.286. The molecule has 0 aromatic carbocycles. The van der Waals surface area contributed by atoms with Gasteiger partial charge in [-0.15, -0.1) is 0 Å². The number of nitrogens with two attached hydrogens (primary N) is 1. The number of carbonyl (C=O) groups is 1. The van der Waals surface area contributed by atoms with Crippen LogP contribution in [0.1, 0.15) is 6.42 Å². The zero-order chi connectivity index (χ0) is 6.57. The van der Waals surface area contributed by atoms with Crippen LogP contribution in [0.2, 0.25) is 0 Å². The molecule has 3 nitrogen and oxygen atoms in total. The van der Waals surface area contributed by atoms with Crippen LogP contribution < -0.4 is 5.73 Å². The summed E-state index contributed by atoms with van der Waals surface area (Å²) < 4.78 is 0. The predicted octanol–water partition coefficient (Wildman–Crippen LogP) is -0.284. The van der Waals surface area contributed by atoms with E-state index >= 15 is 0 Å². The summed E-state index contributed by atoms with van der Waals surface area (Å²) in [6.45, 7) is 0. The molecule has 1 atom stereocenters. The molecule has 0 saturated carbocycles. The van der Waals surface area contributed by atoms with Gasteiger partial charge in [0.15, 0.2) is 0 Å². The standard InChI is InChI=1S/C4H9NO2S.Co/c5-3(1-2-8)4(6)7;/h3,8H,1-2,5H2,(H,6,7);. The molecule has 3 N–H and O–H groups in total. The van der Waals surface area contributed by atoms with Crippen molar-refractivity contribution in [3.05, 3.63) is 0 Å². The quantitative estimate of drug-likeness (QED) is 0.541. The first-order chi connectivity index (χ1) is 3.68. The molecule has 0 rings (SSSR count). The molecule has 0 spiro atoms. The van der Waals surface area contributed by atoms with E-state index in [1.807, 2.05) is 0 Å². The fourth-order valence-electron chi connectivity index (χ4n) is 0.263. The summed E-state index contributed by atoms with van der Waals surface area (Å²) in [7, 11) is 0. The summed E-state index contributed by atoms with van der Waals surface area (Å²) in [6.07, 6.45) is 0.429. The van der Waals surface area contributed by atoms with Crippen LogP contribution in [-0.2, 0) is 21.6 Å². The van der Waals surface area contributed by atoms with E-state index in [2.05, 4.69) is 12.6 Å². The van der Waals surface area contributed by atoms with E-state index < -0.39 is 12.0 Å². The van der Waals surface area contributed by atoms with Gasteiger partial charge in [-0.3, -0.25) is 4.79 Å². The second-order valence-corrected chi connectivity index (χ2v) is 1.90. The van der Waals surface area contributed by atoms with Crippen LogP contribution in [0.5, 0.6) is 0 Å². The summed E-state index contributed by atoms with van der Waals surface area (Å²) in [4.78, 5) is 9.93. The Morgan fingerprint density at radius 1 is 1.78 bits per heavy atom. The van der Waals surface area contributed by atoms with E-state index in [1.54, 1.807) is 0 Å². The Labute approximate surface area is 69.6 Å². The van der Waals surface area contributed by atoms with Crippen molar-refractivity contribution < 1.29 is 26.7 Å². The van der Waals surface area contributed by atoms with Gasteiger partial charge in [0, 0.05) is 16.8 Å². The summed E-state index contributed by atoms with van der Waals surface area (Å²) in [5.74, 6) is -0.438. The topological polar surface area (TPSA) is 63.3 Å². The van der Waals surface area contributed by atoms with Gasteiger partial charge in [0.1, 0.15) is 6.04 Å². The first-order valence-corrected chi connectivity index (χ1v) is 2.91. The third-order valence-electron chi connectivity index (χ3n) is 0.757. The van der Waals surface area contributed by atoms with Gasteiger partial charge in [-0.05, 0) is 12.2 Å². The number of carboxylic acid groups (broad SMARTS) is 1. The van der Waals surface area contributed by atoms with Crippen molar-refractivity contribution in [2.24, 2.45) is 5.73 Å². The molecule has 0 aromatic heterocycles. The van der Waals surface area contributed by atoms with Crippen molar-refractivity contribution in [1.29, 1.82) is 0 Å². The molecule has 0 aliphatic carbocycles. The average molecular weight is 194 g/mol. The maximum absolute atomic E-state index is 9.93. The molecule has 0 amide bonds. The third kappa shape index (κ3) is 6.17. The van der Waals surface area contributed by atoms with Gasteiger partial charge in [0.05, 0.1) is 0 Å². The summed E-state index contributed by atoms with van der Waals surface area (Å²) in [6, 6.07) is -0.743. The maximum Gasteiger partial charge on any atom is 0.320 e. The fraction of sp³-hybridized carbons (Fsp3) is 0.750. The molecule has 57 valence electrons. The Bertz CT molecular complexity index is 90.6. The zero-order valence-corrected chi connectivity index (χ0v) is 6.64. The minimum Gasteiger partial charge on any atom is -0.480 e. The molecule has 9 heavy (non-hydrogen) atoms. The van der Waals surface area contributed by atoms with Crippen molar-refractivity contribution in [2.45, 2.75) is 12.5 Å². The number of rotatable bonds is 3. The maximum atomic E-state index is 9.93. The minimum absolute atomic E-state index is 0. The van der Waals surface area contributed by atoms with Gasteiger partial charge in [-0.2, -0.15) is 12.6 Å². The average Bonchev–Trinajstić information content (AvgIpc) is 1.67. The van der Waals surface area contributed by atoms with Crippen LogP contribution in [0.15, 0.2) is 0 Å². The monoisotopic (exact) mass is 194 g/mol. The number of thiol groups is 1. The number of aliphatic carboxylic acids is 1. The van der Waals surface area contributed by atoms with Crippen LogP contribution in [0, 0.1) is 0 Å². The van der Waals surface area contributed by atoms with Crippen LogP contribution in [-0.4, -0.2) is 22.9 Å². The van der Waals surface area contributed by atoms with Gasteiger partial charge < -0.3 is 10.8 Å². The second-order valence-electron chi connectivity index (χ2n) is 1.46. The van der Waals surface area contributed by atoms with Gasteiger partial charge in [0.2, 0.25) is 0 Å². The molecule has 0 bridgehead atoms. The minimum atomic E-state index is -0.959. The summed E-state index contributed by atoms with van der Waals surface area (Å²) >= 11 is 3.81. The van der Waals surface area contributed by atoms with E-state index in [1.165, 1.54) is 0 Å². The van der Waals surface area contributed by atoms with E-state index in [0.717, 1.165) is 0 Å². The zero-order valence-electron chi connectivity index (χ0n) is 4.70. The van der Waals surface area contributed by atoms with Gasteiger partial charge >= 0.3 is 5.97 Å². The van der Waals surface area contributed by atoms with Crippen molar-refractivity contribution in [3.63, 3.8) is 0 Å². The molecule has 0 aromatic rings. The van der Waals surface area contributed by atoms with Gasteiger partial charge in [-0.1, -0.05) is 0 Å².